The van der Waals surface area contributed by atoms with E-state index in [2.05, 4.69) is 25.9 Å². The fourth-order valence-electron chi connectivity index (χ4n) is 1.81. The van der Waals surface area contributed by atoms with Crippen LogP contribution in [0.5, 0.6) is 0 Å². The normalized spacial score (nSPS) is 12.6. The number of nitrogens with zero attached hydrogens (tertiary/aromatic N) is 2. The van der Waals surface area contributed by atoms with Gasteiger partial charge < -0.3 is 10.1 Å². The molecule has 0 aliphatic carbocycles. The lowest BCUT2D eigenvalue weighted by molar-refractivity contribution is -0.142. The summed E-state index contributed by atoms with van der Waals surface area (Å²) in [6, 6.07) is 7.36. The summed E-state index contributed by atoms with van der Waals surface area (Å²) in [6.45, 7) is 2.11. The Morgan fingerprint density at radius 3 is 2.95 bits per heavy atom. The van der Waals surface area contributed by atoms with E-state index in [9.17, 15) is 4.79 Å². The van der Waals surface area contributed by atoms with Gasteiger partial charge in [-0.05, 0) is 26.1 Å². The topological polar surface area (TPSA) is 69.2 Å². The molecule has 0 amide bonds. The second kappa shape index (κ2) is 6.19. The van der Waals surface area contributed by atoms with E-state index in [1.165, 1.54) is 0 Å². The van der Waals surface area contributed by atoms with Crippen molar-refractivity contribution in [2.45, 2.75) is 19.5 Å². The minimum Gasteiger partial charge on any atom is -0.480 e. The molecule has 6 heteroatoms. The number of imidazole rings is 1. The zero-order chi connectivity index (χ0) is 14.7. The van der Waals surface area contributed by atoms with Gasteiger partial charge >= 0.3 is 5.97 Å². The second-order valence-corrected chi connectivity index (χ2v) is 5.60. The highest BCUT2D eigenvalue weighted by molar-refractivity contribution is 9.10. The van der Waals surface area contributed by atoms with E-state index in [0.29, 0.717) is 6.54 Å². The molecule has 5 nitrogen and oxygen atoms in total. The van der Waals surface area contributed by atoms with E-state index in [0.717, 1.165) is 21.6 Å². The van der Waals surface area contributed by atoms with Gasteiger partial charge in [-0.1, -0.05) is 28.1 Å². The van der Waals surface area contributed by atoms with Crippen molar-refractivity contribution in [2.75, 3.05) is 7.05 Å². The third kappa shape index (κ3) is 3.46. The molecule has 1 heterocycles. The van der Waals surface area contributed by atoms with Gasteiger partial charge in [0.15, 0.2) is 0 Å². The monoisotopic (exact) mass is 337 g/mol. The van der Waals surface area contributed by atoms with Gasteiger partial charge in [0.2, 0.25) is 0 Å². The Labute approximate surface area is 125 Å². The SMILES string of the molecule is CC(C(=O)O)N(C)Cc1ncc(-c2cccc(Br)c2)[nH]1. The maximum atomic E-state index is 10.9. The van der Waals surface area contributed by atoms with Crippen LogP contribution < -0.4 is 0 Å². The average Bonchev–Trinajstić information content (AvgIpc) is 2.86. The number of benzene rings is 1. The molecule has 0 radical (unpaired) electrons. The van der Waals surface area contributed by atoms with Gasteiger partial charge in [0.05, 0.1) is 18.4 Å². The molecule has 0 saturated carbocycles. The molecule has 1 aromatic heterocycles. The summed E-state index contributed by atoms with van der Waals surface area (Å²) in [5.41, 5.74) is 1.95. The first-order valence-electron chi connectivity index (χ1n) is 6.20. The van der Waals surface area contributed by atoms with Crippen LogP contribution in [-0.4, -0.2) is 39.0 Å². The fraction of sp³-hybridized carbons (Fsp3) is 0.286. The van der Waals surface area contributed by atoms with Gasteiger partial charge in [-0.3, -0.25) is 9.69 Å². The molecule has 0 saturated heterocycles. The number of carboxylic acid groups (broad SMARTS) is 1. The molecule has 2 aromatic rings. The minimum atomic E-state index is -0.841. The van der Waals surface area contributed by atoms with E-state index in [-0.39, 0.29) is 0 Å². The Morgan fingerprint density at radius 2 is 2.30 bits per heavy atom. The number of hydrogen-bond acceptors (Lipinski definition) is 3. The molecule has 1 unspecified atom stereocenters. The molecule has 106 valence electrons. The highest BCUT2D eigenvalue weighted by atomic mass is 79.9. The predicted octanol–water partition coefficient (Wildman–Crippen LogP) is 2.74. The molecule has 2 N–H and O–H groups in total. The second-order valence-electron chi connectivity index (χ2n) is 4.68. The van der Waals surface area contributed by atoms with Gasteiger partial charge in [-0.15, -0.1) is 0 Å². The molecular formula is C14H16BrN3O2. The summed E-state index contributed by atoms with van der Waals surface area (Å²) < 4.78 is 1.00. The number of likely N-dealkylation sites (N-methyl/N-ethyl adjacent to an activating group) is 1. The van der Waals surface area contributed by atoms with Crippen molar-refractivity contribution in [2.24, 2.45) is 0 Å². The third-order valence-corrected chi connectivity index (χ3v) is 3.68. The molecule has 0 bridgehead atoms. The van der Waals surface area contributed by atoms with Gasteiger partial charge in [0, 0.05) is 10.0 Å². The van der Waals surface area contributed by atoms with Crippen LogP contribution in [0.2, 0.25) is 0 Å². The number of aliphatic carboxylic acids is 1. The number of carboxylic acids is 1. The zero-order valence-corrected chi connectivity index (χ0v) is 12.9. The molecule has 0 aliphatic rings. The van der Waals surface area contributed by atoms with Crippen LogP contribution in [0.15, 0.2) is 34.9 Å². The maximum absolute atomic E-state index is 10.9. The van der Waals surface area contributed by atoms with E-state index in [1.54, 1.807) is 25.1 Å². The number of aromatic amines is 1. The number of halogens is 1. The highest BCUT2D eigenvalue weighted by Crippen LogP contribution is 2.21. The minimum absolute atomic E-state index is 0.460. The maximum Gasteiger partial charge on any atom is 0.320 e. The van der Waals surface area contributed by atoms with Crippen molar-refractivity contribution in [3.63, 3.8) is 0 Å². The Bertz CT molecular complexity index is 612. The summed E-state index contributed by atoms with van der Waals surface area (Å²) >= 11 is 3.43. The van der Waals surface area contributed by atoms with E-state index >= 15 is 0 Å². The Kier molecular flexibility index (Phi) is 4.57. The summed E-state index contributed by atoms with van der Waals surface area (Å²) in [5.74, 6) is -0.0955. The molecule has 1 aromatic carbocycles. The lowest BCUT2D eigenvalue weighted by Crippen LogP contribution is -2.35. The third-order valence-electron chi connectivity index (χ3n) is 3.18. The van der Waals surface area contributed by atoms with Crippen molar-refractivity contribution in [1.82, 2.24) is 14.9 Å². The fourth-order valence-corrected chi connectivity index (χ4v) is 2.21. The number of H-pyrrole nitrogens is 1. The summed E-state index contributed by atoms with van der Waals surface area (Å²) in [6.07, 6.45) is 1.76. The van der Waals surface area contributed by atoms with Crippen LogP contribution in [0.1, 0.15) is 12.7 Å². The van der Waals surface area contributed by atoms with Crippen LogP contribution in [0, 0.1) is 0 Å². The van der Waals surface area contributed by atoms with Crippen molar-refractivity contribution < 1.29 is 9.90 Å². The summed E-state index contributed by atoms with van der Waals surface area (Å²) in [4.78, 5) is 20.2. The van der Waals surface area contributed by atoms with Gasteiger partial charge in [-0.2, -0.15) is 0 Å². The number of rotatable bonds is 5. The molecule has 2 rings (SSSR count). The van der Waals surface area contributed by atoms with Crippen LogP contribution in [0.25, 0.3) is 11.3 Å². The van der Waals surface area contributed by atoms with E-state index < -0.39 is 12.0 Å². The van der Waals surface area contributed by atoms with Crippen LogP contribution in [0.3, 0.4) is 0 Å². The lowest BCUT2D eigenvalue weighted by Gasteiger charge is -2.19. The molecule has 20 heavy (non-hydrogen) atoms. The predicted molar refractivity (Wildman–Crippen MR) is 80.3 cm³/mol. The highest BCUT2D eigenvalue weighted by Gasteiger charge is 2.17. The molecular weight excluding hydrogens is 322 g/mol. The van der Waals surface area contributed by atoms with Crippen molar-refractivity contribution in [1.29, 1.82) is 0 Å². The summed E-state index contributed by atoms with van der Waals surface area (Å²) in [5, 5.41) is 8.97. The number of aromatic nitrogens is 2. The van der Waals surface area contributed by atoms with Crippen LogP contribution >= 0.6 is 15.9 Å². The number of carbonyl (C=O) groups is 1. The van der Waals surface area contributed by atoms with Crippen molar-refractivity contribution >= 4 is 21.9 Å². The van der Waals surface area contributed by atoms with Gasteiger partial charge in [0.25, 0.3) is 0 Å². The first kappa shape index (κ1) is 14.7. The Balaban J connectivity index is 2.11. The Hall–Kier alpha value is -1.66. The first-order valence-corrected chi connectivity index (χ1v) is 6.99. The smallest absolute Gasteiger partial charge is 0.320 e. The van der Waals surface area contributed by atoms with E-state index in [4.69, 9.17) is 5.11 Å². The molecule has 1 atom stereocenters. The largest absolute Gasteiger partial charge is 0.480 e. The molecule has 0 fully saturated rings. The standard InChI is InChI=1S/C14H16BrN3O2/c1-9(14(19)20)18(2)8-13-16-7-12(17-13)10-4-3-5-11(15)6-10/h3-7,9H,8H2,1-2H3,(H,16,17)(H,19,20). The van der Waals surface area contributed by atoms with Crippen molar-refractivity contribution in [3.8, 4) is 11.3 Å². The van der Waals surface area contributed by atoms with Crippen LogP contribution in [0.4, 0.5) is 0 Å². The lowest BCUT2D eigenvalue weighted by atomic mass is 10.2. The first-order chi connectivity index (χ1) is 9.47. The Morgan fingerprint density at radius 1 is 1.55 bits per heavy atom. The van der Waals surface area contributed by atoms with E-state index in [1.807, 2.05) is 24.3 Å². The number of hydrogen-bond donors (Lipinski definition) is 2. The van der Waals surface area contributed by atoms with Crippen molar-refractivity contribution in [3.05, 3.63) is 40.8 Å². The van der Waals surface area contributed by atoms with Gasteiger partial charge in [0.1, 0.15) is 11.9 Å². The quantitative estimate of drug-likeness (QED) is 0.880. The molecule has 0 aliphatic heterocycles. The summed E-state index contributed by atoms with van der Waals surface area (Å²) in [7, 11) is 1.76. The number of nitrogens with one attached hydrogen (secondary N) is 1. The molecule has 0 spiro atoms. The van der Waals surface area contributed by atoms with Gasteiger partial charge in [-0.25, -0.2) is 4.98 Å². The zero-order valence-electron chi connectivity index (χ0n) is 11.3. The van der Waals surface area contributed by atoms with Crippen LogP contribution in [-0.2, 0) is 11.3 Å². The average molecular weight is 338 g/mol.